The van der Waals surface area contributed by atoms with E-state index in [0.29, 0.717) is 17.3 Å². The Labute approximate surface area is 114 Å². The van der Waals surface area contributed by atoms with Crippen molar-refractivity contribution in [2.75, 3.05) is 14.2 Å². The maximum atomic E-state index is 12.9. The molecule has 8 heteroatoms. The SMILES string of the molecule is COc1cnc(C(NN)c2ccc(F)cn2)c(OC)n1. The van der Waals surface area contributed by atoms with Crippen molar-refractivity contribution in [3.05, 3.63) is 41.7 Å². The molecule has 2 aromatic rings. The Kier molecular flexibility index (Phi) is 4.38. The van der Waals surface area contributed by atoms with Gasteiger partial charge in [-0.05, 0) is 12.1 Å². The number of pyridine rings is 1. The molecule has 2 rings (SSSR count). The molecular formula is C12H14FN5O2. The summed E-state index contributed by atoms with van der Waals surface area (Å²) < 4.78 is 23.1. The Hall–Kier alpha value is -2.32. The Morgan fingerprint density at radius 1 is 1.20 bits per heavy atom. The Morgan fingerprint density at radius 3 is 2.55 bits per heavy atom. The van der Waals surface area contributed by atoms with Crippen molar-refractivity contribution in [1.82, 2.24) is 20.4 Å². The third-order valence-corrected chi connectivity index (χ3v) is 2.63. The fraction of sp³-hybridized carbons (Fsp3) is 0.250. The lowest BCUT2D eigenvalue weighted by Crippen LogP contribution is -2.30. The van der Waals surface area contributed by atoms with Crippen LogP contribution in [0, 0.1) is 5.82 Å². The molecule has 0 bridgehead atoms. The highest BCUT2D eigenvalue weighted by molar-refractivity contribution is 5.31. The molecule has 20 heavy (non-hydrogen) atoms. The first kappa shape index (κ1) is 14.1. The van der Waals surface area contributed by atoms with E-state index in [9.17, 15) is 4.39 Å². The number of aromatic nitrogens is 3. The van der Waals surface area contributed by atoms with Crippen molar-refractivity contribution in [3.8, 4) is 11.8 Å². The quantitative estimate of drug-likeness (QED) is 0.610. The molecule has 0 radical (unpaired) electrons. The number of hydrogen-bond acceptors (Lipinski definition) is 7. The molecule has 0 saturated carbocycles. The van der Waals surface area contributed by atoms with Crippen LogP contribution >= 0.6 is 0 Å². The number of ether oxygens (including phenoxy) is 2. The first-order valence-electron chi connectivity index (χ1n) is 5.72. The predicted octanol–water partition coefficient (Wildman–Crippen LogP) is 0.581. The smallest absolute Gasteiger partial charge is 0.240 e. The monoisotopic (exact) mass is 279 g/mol. The summed E-state index contributed by atoms with van der Waals surface area (Å²) in [4.78, 5) is 12.3. The van der Waals surface area contributed by atoms with E-state index in [-0.39, 0.29) is 5.88 Å². The van der Waals surface area contributed by atoms with Gasteiger partial charge in [-0.3, -0.25) is 10.8 Å². The van der Waals surface area contributed by atoms with Gasteiger partial charge in [0.05, 0.1) is 32.3 Å². The zero-order valence-electron chi connectivity index (χ0n) is 11.0. The number of nitrogens with two attached hydrogens (primary N) is 1. The molecule has 2 heterocycles. The zero-order chi connectivity index (χ0) is 14.5. The van der Waals surface area contributed by atoms with Crippen LogP contribution in [-0.2, 0) is 0 Å². The van der Waals surface area contributed by atoms with Crippen LogP contribution in [0.2, 0.25) is 0 Å². The minimum absolute atomic E-state index is 0.249. The highest BCUT2D eigenvalue weighted by atomic mass is 19.1. The lowest BCUT2D eigenvalue weighted by Gasteiger charge is -2.17. The van der Waals surface area contributed by atoms with E-state index in [1.165, 1.54) is 32.5 Å². The van der Waals surface area contributed by atoms with Gasteiger partial charge in [0.25, 0.3) is 0 Å². The van der Waals surface area contributed by atoms with Crippen LogP contribution < -0.4 is 20.7 Å². The van der Waals surface area contributed by atoms with Crippen molar-refractivity contribution in [1.29, 1.82) is 0 Å². The Bertz CT molecular complexity index is 579. The van der Waals surface area contributed by atoms with Gasteiger partial charge in [0.2, 0.25) is 11.8 Å². The molecule has 0 aliphatic carbocycles. The standard InChI is InChI=1S/C12H14FN5O2/c1-19-9-6-16-11(12(17-9)20-2)10(18-14)8-4-3-7(13)5-15-8/h3-6,10,18H,14H2,1-2H3. The van der Waals surface area contributed by atoms with Gasteiger partial charge >= 0.3 is 0 Å². The van der Waals surface area contributed by atoms with Gasteiger partial charge in [0.15, 0.2) is 0 Å². The second-order valence-corrected chi connectivity index (χ2v) is 3.81. The highest BCUT2D eigenvalue weighted by Gasteiger charge is 2.21. The lowest BCUT2D eigenvalue weighted by molar-refractivity contribution is 0.352. The fourth-order valence-electron chi connectivity index (χ4n) is 1.68. The maximum Gasteiger partial charge on any atom is 0.240 e. The number of rotatable bonds is 5. The molecular weight excluding hydrogens is 265 g/mol. The van der Waals surface area contributed by atoms with Gasteiger partial charge in [-0.2, -0.15) is 4.98 Å². The second kappa shape index (κ2) is 6.22. The van der Waals surface area contributed by atoms with Gasteiger partial charge in [0, 0.05) is 0 Å². The first-order valence-corrected chi connectivity index (χ1v) is 5.72. The van der Waals surface area contributed by atoms with Crippen LogP contribution in [-0.4, -0.2) is 29.2 Å². The first-order chi connectivity index (χ1) is 9.69. The summed E-state index contributed by atoms with van der Waals surface area (Å²) in [5.74, 6) is 5.66. The maximum absolute atomic E-state index is 12.9. The van der Waals surface area contributed by atoms with E-state index < -0.39 is 11.9 Å². The Morgan fingerprint density at radius 2 is 2.00 bits per heavy atom. The van der Waals surface area contributed by atoms with Gasteiger partial charge in [-0.15, -0.1) is 0 Å². The zero-order valence-corrected chi connectivity index (χ0v) is 11.0. The summed E-state index contributed by atoms with van der Waals surface area (Å²) in [6.45, 7) is 0. The van der Waals surface area contributed by atoms with Gasteiger partial charge < -0.3 is 9.47 Å². The summed E-state index contributed by atoms with van der Waals surface area (Å²) in [6.07, 6.45) is 2.54. The molecule has 1 unspecified atom stereocenters. The summed E-state index contributed by atoms with van der Waals surface area (Å²) >= 11 is 0. The number of hydrogen-bond donors (Lipinski definition) is 2. The summed E-state index contributed by atoms with van der Waals surface area (Å²) in [6, 6.07) is 2.21. The summed E-state index contributed by atoms with van der Waals surface area (Å²) in [7, 11) is 2.93. The number of nitrogens with one attached hydrogen (secondary N) is 1. The van der Waals surface area contributed by atoms with Crippen LogP contribution in [0.25, 0.3) is 0 Å². The number of methoxy groups -OCH3 is 2. The molecule has 2 aromatic heterocycles. The summed E-state index contributed by atoms with van der Waals surface area (Å²) in [5.41, 5.74) is 3.48. The molecule has 0 aliphatic heterocycles. The van der Waals surface area contributed by atoms with Crippen molar-refractivity contribution in [3.63, 3.8) is 0 Å². The topological polar surface area (TPSA) is 95.2 Å². The van der Waals surface area contributed by atoms with Crippen LogP contribution in [0.1, 0.15) is 17.4 Å². The van der Waals surface area contributed by atoms with Crippen molar-refractivity contribution in [2.45, 2.75) is 6.04 Å². The van der Waals surface area contributed by atoms with Crippen LogP contribution in [0.5, 0.6) is 11.8 Å². The Balaban J connectivity index is 2.43. The molecule has 0 spiro atoms. The third-order valence-electron chi connectivity index (χ3n) is 2.63. The largest absolute Gasteiger partial charge is 0.480 e. The van der Waals surface area contributed by atoms with Crippen molar-refractivity contribution in [2.24, 2.45) is 5.84 Å². The molecule has 0 aliphatic rings. The van der Waals surface area contributed by atoms with E-state index >= 15 is 0 Å². The summed E-state index contributed by atoms with van der Waals surface area (Å²) in [5, 5.41) is 0. The van der Waals surface area contributed by atoms with E-state index in [1.54, 1.807) is 0 Å². The molecule has 3 N–H and O–H groups in total. The average molecular weight is 279 g/mol. The van der Waals surface area contributed by atoms with E-state index in [4.69, 9.17) is 15.3 Å². The minimum atomic E-state index is -0.580. The van der Waals surface area contributed by atoms with E-state index in [1.807, 2.05) is 0 Å². The molecule has 0 saturated heterocycles. The number of halogens is 1. The predicted molar refractivity (Wildman–Crippen MR) is 68.5 cm³/mol. The fourth-order valence-corrected chi connectivity index (χ4v) is 1.68. The molecule has 1 atom stereocenters. The number of nitrogens with zero attached hydrogens (tertiary/aromatic N) is 3. The highest BCUT2D eigenvalue weighted by Crippen LogP contribution is 2.26. The van der Waals surface area contributed by atoms with Gasteiger partial charge in [-0.1, -0.05) is 0 Å². The number of hydrazine groups is 1. The van der Waals surface area contributed by atoms with Crippen molar-refractivity contribution < 1.29 is 13.9 Å². The second-order valence-electron chi connectivity index (χ2n) is 3.81. The normalized spacial score (nSPS) is 12.0. The molecule has 0 fully saturated rings. The van der Waals surface area contributed by atoms with Crippen LogP contribution in [0.4, 0.5) is 4.39 Å². The van der Waals surface area contributed by atoms with E-state index in [0.717, 1.165) is 6.20 Å². The molecule has 106 valence electrons. The van der Waals surface area contributed by atoms with Gasteiger partial charge in [0.1, 0.15) is 17.6 Å². The minimum Gasteiger partial charge on any atom is -0.480 e. The van der Waals surface area contributed by atoms with Crippen molar-refractivity contribution >= 4 is 0 Å². The molecule has 7 nitrogen and oxygen atoms in total. The third kappa shape index (κ3) is 2.81. The van der Waals surface area contributed by atoms with Crippen LogP contribution in [0.15, 0.2) is 24.5 Å². The van der Waals surface area contributed by atoms with E-state index in [2.05, 4.69) is 20.4 Å². The average Bonchev–Trinajstić information content (AvgIpc) is 2.50. The van der Waals surface area contributed by atoms with Gasteiger partial charge in [-0.25, -0.2) is 14.8 Å². The molecule has 0 amide bonds. The lowest BCUT2D eigenvalue weighted by atomic mass is 10.1. The van der Waals surface area contributed by atoms with Crippen LogP contribution in [0.3, 0.4) is 0 Å². The molecule has 0 aromatic carbocycles.